The second-order valence-corrected chi connectivity index (χ2v) is 4.60. The van der Waals surface area contributed by atoms with Crippen LogP contribution in [0.15, 0.2) is 6.07 Å². The third-order valence-corrected chi connectivity index (χ3v) is 3.11. The molecule has 0 aliphatic heterocycles. The number of nitrogens with zero attached hydrogens (tertiary/aromatic N) is 2. The van der Waals surface area contributed by atoms with Crippen LogP contribution in [-0.4, -0.2) is 34.9 Å². The van der Waals surface area contributed by atoms with E-state index in [0.29, 0.717) is 18.7 Å². The molecule has 7 heteroatoms. The van der Waals surface area contributed by atoms with Crippen LogP contribution >= 0.6 is 23.2 Å². The molecule has 19 heavy (non-hydrogen) atoms. The van der Waals surface area contributed by atoms with Gasteiger partial charge in [-0.2, -0.15) is 0 Å². The zero-order valence-electron chi connectivity index (χ0n) is 11.0. The highest BCUT2D eigenvalue weighted by Crippen LogP contribution is 2.21. The van der Waals surface area contributed by atoms with Gasteiger partial charge in [0.15, 0.2) is 0 Å². The predicted octanol–water partition coefficient (Wildman–Crippen LogP) is 2.89. The summed E-state index contributed by atoms with van der Waals surface area (Å²) in [5, 5.41) is 2.46. The minimum absolute atomic E-state index is 0.0187. The summed E-state index contributed by atoms with van der Waals surface area (Å²) < 4.78 is 0. The van der Waals surface area contributed by atoms with Crippen molar-refractivity contribution < 1.29 is 9.59 Å². The molecule has 0 radical (unpaired) electrons. The number of hydrogen-bond donors (Lipinski definition) is 1. The molecule has 0 aliphatic carbocycles. The summed E-state index contributed by atoms with van der Waals surface area (Å²) in [6, 6.07) is 1.06. The van der Waals surface area contributed by atoms with Gasteiger partial charge in [-0.15, -0.1) is 0 Å². The molecule has 0 spiro atoms. The number of rotatable bonds is 3. The number of carbonyl (C=O) groups excluding carboxylic acids is 2. The first-order valence-corrected chi connectivity index (χ1v) is 6.59. The Kier molecular flexibility index (Phi) is 5.57. The zero-order valence-corrected chi connectivity index (χ0v) is 12.5. The summed E-state index contributed by atoms with van der Waals surface area (Å²) in [4.78, 5) is 29.1. The Bertz CT molecular complexity index is 479. The molecule has 0 aromatic carbocycles. The molecule has 3 amide bonds. The first kappa shape index (κ1) is 15.7. The Morgan fingerprint density at radius 3 is 2.37 bits per heavy atom. The summed E-state index contributed by atoms with van der Waals surface area (Å²) in [7, 11) is 0. The molecule has 1 N–H and O–H groups in total. The van der Waals surface area contributed by atoms with Gasteiger partial charge in [-0.1, -0.05) is 23.2 Å². The number of nitrogens with one attached hydrogen (secondary N) is 1. The van der Waals surface area contributed by atoms with E-state index >= 15 is 0 Å². The number of aromatic nitrogens is 1. The number of hydrogen-bond acceptors (Lipinski definition) is 3. The molecule has 0 unspecified atom stereocenters. The largest absolute Gasteiger partial charge is 0.325 e. The molecule has 0 atom stereocenters. The molecule has 0 aliphatic rings. The van der Waals surface area contributed by atoms with Gasteiger partial charge in [-0.05, 0) is 32.4 Å². The van der Waals surface area contributed by atoms with Crippen LogP contribution in [0.2, 0.25) is 10.3 Å². The number of halogens is 2. The van der Waals surface area contributed by atoms with E-state index in [1.54, 1.807) is 6.92 Å². The second-order valence-electron chi connectivity index (χ2n) is 3.86. The minimum Gasteiger partial charge on any atom is -0.325 e. The topological polar surface area (TPSA) is 62.3 Å². The Morgan fingerprint density at radius 2 is 1.89 bits per heavy atom. The van der Waals surface area contributed by atoms with Gasteiger partial charge in [0, 0.05) is 13.1 Å². The third-order valence-electron chi connectivity index (χ3n) is 2.64. The van der Waals surface area contributed by atoms with E-state index < -0.39 is 11.9 Å². The van der Waals surface area contributed by atoms with Crippen LogP contribution in [0.4, 0.5) is 4.79 Å². The van der Waals surface area contributed by atoms with E-state index in [4.69, 9.17) is 23.2 Å². The highest BCUT2D eigenvalue weighted by Gasteiger charge is 2.20. The van der Waals surface area contributed by atoms with Crippen molar-refractivity contribution in [2.75, 3.05) is 13.1 Å². The van der Waals surface area contributed by atoms with Gasteiger partial charge in [-0.25, -0.2) is 9.78 Å². The van der Waals surface area contributed by atoms with E-state index in [1.165, 1.54) is 11.0 Å². The van der Waals surface area contributed by atoms with Crippen molar-refractivity contribution >= 4 is 35.1 Å². The molecular formula is C12H15Cl2N3O2. The SMILES string of the molecule is CCN(CC)C(=O)NC(=O)c1c(C)cc(Cl)nc1Cl. The quantitative estimate of drug-likeness (QED) is 0.873. The Hall–Kier alpha value is -1.33. The summed E-state index contributed by atoms with van der Waals surface area (Å²) in [5.41, 5.74) is 0.724. The van der Waals surface area contributed by atoms with Crippen molar-refractivity contribution in [2.24, 2.45) is 0 Å². The summed E-state index contributed by atoms with van der Waals surface area (Å²) in [5.74, 6) is -0.580. The van der Waals surface area contributed by atoms with Crippen LogP contribution < -0.4 is 5.32 Å². The molecule has 1 heterocycles. The standard InChI is InChI=1S/C12H15Cl2N3O2/c1-4-17(5-2)12(19)16-11(18)9-7(3)6-8(13)15-10(9)14/h6H,4-5H2,1-3H3,(H,16,18,19). The molecule has 0 fully saturated rings. The van der Waals surface area contributed by atoms with Gasteiger partial charge in [0.2, 0.25) is 0 Å². The molecule has 0 saturated carbocycles. The molecule has 0 saturated heterocycles. The second kappa shape index (κ2) is 6.73. The molecule has 0 bridgehead atoms. The van der Waals surface area contributed by atoms with Crippen LogP contribution in [0, 0.1) is 6.92 Å². The van der Waals surface area contributed by atoms with Gasteiger partial charge in [0.25, 0.3) is 5.91 Å². The van der Waals surface area contributed by atoms with E-state index in [9.17, 15) is 9.59 Å². The fourth-order valence-electron chi connectivity index (χ4n) is 1.62. The Morgan fingerprint density at radius 1 is 1.32 bits per heavy atom. The maximum absolute atomic E-state index is 12.0. The fourth-order valence-corrected chi connectivity index (χ4v) is 2.24. The van der Waals surface area contributed by atoms with Crippen molar-refractivity contribution in [1.82, 2.24) is 15.2 Å². The smallest absolute Gasteiger partial charge is 0.324 e. The normalized spacial score (nSPS) is 10.2. The number of urea groups is 1. The molecular weight excluding hydrogens is 289 g/mol. The maximum atomic E-state index is 12.0. The number of amides is 3. The van der Waals surface area contributed by atoms with Crippen molar-refractivity contribution in [3.63, 3.8) is 0 Å². The highest BCUT2D eigenvalue weighted by atomic mass is 35.5. The molecule has 104 valence electrons. The van der Waals surface area contributed by atoms with Gasteiger partial charge in [0.1, 0.15) is 10.3 Å². The van der Waals surface area contributed by atoms with Crippen molar-refractivity contribution in [3.8, 4) is 0 Å². The summed E-state index contributed by atoms with van der Waals surface area (Å²) in [6.45, 7) is 6.36. The van der Waals surface area contributed by atoms with E-state index in [2.05, 4.69) is 10.3 Å². The lowest BCUT2D eigenvalue weighted by molar-refractivity contribution is 0.0952. The van der Waals surface area contributed by atoms with Crippen molar-refractivity contribution in [3.05, 3.63) is 27.5 Å². The van der Waals surface area contributed by atoms with Crippen molar-refractivity contribution in [1.29, 1.82) is 0 Å². The zero-order chi connectivity index (χ0) is 14.6. The first-order chi connectivity index (χ1) is 8.90. The van der Waals surface area contributed by atoms with Crippen molar-refractivity contribution in [2.45, 2.75) is 20.8 Å². The number of pyridine rings is 1. The van der Waals surface area contributed by atoms with Gasteiger partial charge >= 0.3 is 6.03 Å². The van der Waals surface area contributed by atoms with Gasteiger partial charge < -0.3 is 4.90 Å². The lowest BCUT2D eigenvalue weighted by atomic mass is 10.1. The lowest BCUT2D eigenvalue weighted by Gasteiger charge is -2.19. The van der Waals surface area contributed by atoms with Crippen LogP contribution in [0.5, 0.6) is 0 Å². The molecule has 1 rings (SSSR count). The average molecular weight is 304 g/mol. The van der Waals surface area contributed by atoms with E-state index in [-0.39, 0.29) is 15.9 Å². The molecule has 5 nitrogen and oxygen atoms in total. The van der Waals surface area contributed by atoms with Crippen LogP contribution in [0.1, 0.15) is 29.8 Å². The van der Waals surface area contributed by atoms with Crippen LogP contribution in [0.3, 0.4) is 0 Å². The predicted molar refractivity (Wildman–Crippen MR) is 74.8 cm³/mol. The lowest BCUT2D eigenvalue weighted by Crippen LogP contribution is -2.42. The Labute approximate surface area is 121 Å². The monoisotopic (exact) mass is 303 g/mol. The Balaban J connectivity index is 2.93. The summed E-state index contributed by atoms with van der Waals surface area (Å²) in [6.07, 6.45) is 0. The van der Waals surface area contributed by atoms with Gasteiger partial charge in [-0.3, -0.25) is 10.1 Å². The first-order valence-electron chi connectivity index (χ1n) is 5.83. The van der Waals surface area contributed by atoms with E-state index in [1.807, 2.05) is 13.8 Å². The maximum Gasteiger partial charge on any atom is 0.324 e. The fraction of sp³-hybridized carbons (Fsp3) is 0.417. The van der Waals surface area contributed by atoms with Crippen LogP contribution in [0.25, 0.3) is 0 Å². The van der Waals surface area contributed by atoms with E-state index in [0.717, 1.165) is 0 Å². The minimum atomic E-state index is -0.580. The summed E-state index contributed by atoms with van der Waals surface area (Å²) >= 11 is 11.6. The third kappa shape index (κ3) is 3.81. The number of carbonyl (C=O) groups is 2. The van der Waals surface area contributed by atoms with Crippen LogP contribution in [-0.2, 0) is 0 Å². The average Bonchev–Trinajstić information content (AvgIpc) is 2.28. The molecule has 1 aromatic rings. The van der Waals surface area contributed by atoms with Gasteiger partial charge in [0.05, 0.1) is 5.56 Å². The molecule has 1 aromatic heterocycles. The number of aryl methyl sites for hydroxylation is 1. The highest BCUT2D eigenvalue weighted by molar-refractivity contribution is 6.35. The number of imide groups is 1.